The Morgan fingerprint density at radius 2 is 1.81 bits per heavy atom. The number of carbonyl (C=O) groups excluding carboxylic acids is 1. The molecule has 1 aromatic rings. The van der Waals surface area contributed by atoms with Crippen molar-refractivity contribution in [1.82, 2.24) is 0 Å². The lowest BCUT2D eigenvalue weighted by atomic mass is 9.78. The summed E-state index contributed by atoms with van der Waals surface area (Å²) in [6.45, 7) is 11.3. The van der Waals surface area contributed by atoms with Gasteiger partial charge in [0.15, 0.2) is 5.78 Å². The molecule has 0 spiro atoms. The quantitative estimate of drug-likeness (QED) is 0.579. The number of rotatable bonds is 9. The summed E-state index contributed by atoms with van der Waals surface area (Å²) in [5.41, 5.74) is 2.22. The Balaban J connectivity index is 1.91. The molecule has 4 heteroatoms. The summed E-state index contributed by atoms with van der Waals surface area (Å²) in [4.78, 5) is 15.9. The van der Waals surface area contributed by atoms with Crippen LogP contribution in [0.25, 0.3) is 5.57 Å². The van der Waals surface area contributed by atoms with Crippen LogP contribution >= 0.6 is 0 Å². The average molecular weight is 370 g/mol. The number of nitrogens with zero attached hydrogens (tertiary/aromatic N) is 1. The first kappa shape index (κ1) is 21.1. The van der Waals surface area contributed by atoms with E-state index >= 15 is 0 Å². The largest absolute Gasteiger partial charge is 0.491 e. The number of ketones is 1. The van der Waals surface area contributed by atoms with Crippen LogP contribution in [0.2, 0.25) is 0 Å². The summed E-state index contributed by atoms with van der Waals surface area (Å²) >= 11 is 0. The van der Waals surface area contributed by atoms with Gasteiger partial charge in [0.1, 0.15) is 19.0 Å². The van der Waals surface area contributed by atoms with E-state index in [0.717, 1.165) is 16.9 Å². The first-order valence-electron chi connectivity index (χ1n) is 9.59. The van der Waals surface area contributed by atoms with Gasteiger partial charge in [0.25, 0.3) is 0 Å². The number of ether oxygens (including phenoxy) is 2. The van der Waals surface area contributed by atoms with Gasteiger partial charge in [-0.2, -0.15) is 0 Å². The third kappa shape index (κ3) is 6.17. The molecule has 0 aliphatic carbocycles. The van der Waals surface area contributed by atoms with Crippen molar-refractivity contribution in [3.8, 4) is 5.75 Å². The summed E-state index contributed by atoms with van der Waals surface area (Å²) in [6.07, 6.45) is 8.18. The number of hydrogen-bond donors (Lipinski definition) is 0. The van der Waals surface area contributed by atoms with Crippen LogP contribution in [0, 0.1) is 17.3 Å². The fraction of sp³-hybridized carbons (Fsp3) is 0.478. The standard InChI is InChI=1S/C23H31NO3/c1-17(2)22(25)15-26-12-13-27-21-8-6-19(7-9-21)20-10-11-24-16-23(5,14-20)18(3)4/h6-11,14,16-18H,12-13,15H2,1-5H3. The molecule has 2 rings (SSSR count). The molecule has 4 nitrogen and oxygen atoms in total. The van der Waals surface area contributed by atoms with Gasteiger partial charge < -0.3 is 9.47 Å². The van der Waals surface area contributed by atoms with Crippen molar-refractivity contribution < 1.29 is 14.3 Å². The predicted molar refractivity (Wildman–Crippen MR) is 111 cm³/mol. The third-order valence-electron chi connectivity index (χ3n) is 4.98. The third-order valence-corrected chi connectivity index (χ3v) is 4.98. The molecular formula is C23H31NO3. The second-order valence-electron chi connectivity index (χ2n) is 7.76. The Labute approximate surface area is 163 Å². The normalized spacial score (nSPS) is 19.3. The Hall–Kier alpha value is -2.20. The number of allylic oxidation sites excluding steroid dienone is 3. The van der Waals surface area contributed by atoms with E-state index in [4.69, 9.17) is 9.47 Å². The van der Waals surface area contributed by atoms with E-state index in [1.807, 2.05) is 44.5 Å². The lowest BCUT2D eigenvalue weighted by Gasteiger charge is -2.26. The van der Waals surface area contributed by atoms with Gasteiger partial charge in [-0.15, -0.1) is 0 Å². The van der Waals surface area contributed by atoms with E-state index in [1.54, 1.807) is 0 Å². The Morgan fingerprint density at radius 3 is 2.44 bits per heavy atom. The van der Waals surface area contributed by atoms with Gasteiger partial charge in [0.05, 0.1) is 6.61 Å². The van der Waals surface area contributed by atoms with Crippen LogP contribution in [0.15, 0.2) is 47.6 Å². The zero-order valence-corrected chi connectivity index (χ0v) is 17.1. The van der Waals surface area contributed by atoms with Crippen molar-refractivity contribution in [3.05, 3.63) is 48.2 Å². The average Bonchev–Trinajstić information content (AvgIpc) is 2.84. The highest BCUT2D eigenvalue weighted by atomic mass is 16.5. The fourth-order valence-electron chi connectivity index (χ4n) is 2.54. The van der Waals surface area contributed by atoms with Crippen molar-refractivity contribution >= 4 is 17.6 Å². The summed E-state index contributed by atoms with van der Waals surface area (Å²) in [5.74, 6) is 1.37. The molecule has 0 radical (unpaired) electrons. The number of Topliss-reactive ketones (excluding diaryl/α,β-unsaturated/α-hetero) is 1. The van der Waals surface area contributed by atoms with Crippen molar-refractivity contribution in [2.45, 2.75) is 34.6 Å². The minimum Gasteiger partial charge on any atom is -0.491 e. The van der Waals surface area contributed by atoms with Crippen molar-refractivity contribution in [3.63, 3.8) is 0 Å². The van der Waals surface area contributed by atoms with E-state index in [0.29, 0.717) is 19.1 Å². The van der Waals surface area contributed by atoms with E-state index in [1.165, 1.54) is 0 Å². The van der Waals surface area contributed by atoms with Crippen LogP contribution < -0.4 is 4.74 Å². The molecule has 146 valence electrons. The van der Waals surface area contributed by atoms with Gasteiger partial charge in [-0.1, -0.05) is 52.8 Å². The first-order valence-corrected chi connectivity index (χ1v) is 9.59. The van der Waals surface area contributed by atoms with Crippen LogP contribution in [-0.4, -0.2) is 31.8 Å². The molecule has 1 heterocycles. The second kappa shape index (κ2) is 9.65. The highest BCUT2D eigenvalue weighted by molar-refractivity contribution is 5.82. The van der Waals surface area contributed by atoms with Crippen molar-refractivity contribution in [2.75, 3.05) is 19.8 Å². The zero-order chi connectivity index (χ0) is 19.9. The molecular weight excluding hydrogens is 338 g/mol. The molecule has 1 atom stereocenters. The number of benzene rings is 1. The highest BCUT2D eigenvalue weighted by Crippen LogP contribution is 2.33. The van der Waals surface area contributed by atoms with Gasteiger partial charge in [0, 0.05) is 23.7 Å². The van der Waals surface area contributed by atoms with Crippen LogP contribution in [0.1, 0.15) is 40.2 Å². The Kier molecular flexibility index (Phi) is 7.55. The maximum absolute atomic E-state index is 11.5. The molecule has 1 aliphatic heterocycles. The van der Waals surface area contributed by atoms with Gasteiger partial charge in [-0.25, -0.2) is 0 Å². The van der Waals surface area contributed by atoms with Gasteiger partial charge in [0.2, 0.25) is 0 Å². The molecule has 0 saturated carbocycles. The summed E-state index contributed by atoms with van der Waals surface area (Å²) in [7, 11) is 0. The van der Waals surface area contributed by atoms with Gasteiger partial charge >= 0.3 is 0 Å². The smallest absolute Gasteiger partial charge is 0.160 e. The lowest BCUT2D eigenvalue weighted by molar-refractivity contribution is -0.126. The lowest BCUT2D eigenvalue weighted by Crippen LogP contribution is -2.22. The monoisotopic (exact) mass is 369 g/mol. The topological polar surface area (TPSA) is 47.9 Å². The van der Waals surface area contributed by atoms with Crippen LogP contribution in [0.5, 0.6) is 5.75 Å². The van der Waals surface area contributed by atoms with Crippen molar-refractivity contribution in [2.24, 2.45) is 22.2 Å². The number of carbonyl (C=O) groups is 1. The maximum Gasteiger partial charge on any atom is 0.160 e. The Bertz CT molecular complexity index is 714. The molecule has 27 heavy (non-hydrogen) atoms. The minimum atomic E-state index is -0.0707. The maximum atomic E-state index is 11.5. The molecule has 0 saturated heterocycles. The van der Waals surface area contributed by atoms with Crippen molar-refractivity contribution in [1.29, 1.82) is 0 Å². The predicted octanol–water partition coefficient (Wildman–Crippen LogP) is 4.95. The minimum absolute atomic E-state index is 0.00811. The molecule has 0 amide bonds. The van der Waals surface area contributed by atoms with E-state index < -0.39 is 0 Å². The van der Waals surface area contributed by atoms with E-state index in [9.17, 15) is 4.79 Å². The molecule has 0 aromatic heterocycles. The highest BCUT2D eigenvalue weighted by Gasteiger charge is 2.25. The van der Waals surface area contributed by atoms with Gasteiger partial charge in [-0.05, 0) is 35.3 Å². The molecule has 1 aromatic carbocycles. The van der Waals surface area contributed by atoms with E-state index in [-0.39, 0.29) is 23.7 Å². The molecule has 0 fully saturated rings. The summed E-state index contributed by atoms with van der Waals surface area (Å²) in [5, 5.41) is 0. The molecule has 1 unspecified atom stereocenters. The summed E-state index contributed by atoms with van der Waals surface area (Å²) in [6, 6.07) is 8.03. The van der Waals surface area contributed by atoms with Crippen LogP contribution in [0.3, 0.4) is 0 Å². The first-order chi connectivity index (χ1) is 12.8. The van der Waals surface area contributed by atoms with Gasteiger partial charge in [-0.3, -0.25) is 9.79 Å². The zero-order valence-electron chi connectivity index (χ0n) is 17.1. The fourth-order valence-corrected chi connectivity index (χ4v) is 2.54. The van der Waals surface area contributed by atoms with Crippen LogP contribution in [0.4, 0.5) is 0 Å². The SMILES string of the molecule is CC(C)C(=O)COCCOc1ccc(C2=CC(C)(C(C)C)C=NC=C2)cc1. The second-order valence-corrected chi connectivity index (χ2v) is 7.76. The van der Waals surface area contributed by atoms with Crippen LogP contribution in [-0.2, 0) is 9.53 Å². The molecule has 1 aliphatic rings. The molecule has 0 bridgehead atoms. The van der Waals surface area contributed by atoms with E-state index in [2.05, 4.69) is 44.0 Å². The summed E-state index contributed by atoms with van der Waals surface area (Å²) < 4.78 is 11.0. The number of hydrogen-bond acceptors (Lipinski definition) is 4. The molecule has 0 N–H and O–H groups in total. The number of aliphatic imine (C=N–C) groups is 1. The Morgan fingerprint density at radius 1 is 1.11 bits per heavy atom.